The SMILES string of the molecule is COc1ccc(CCNCc2nn(Cc3ccccc3Cl)nc2-c2ccccc2)cc1OC. The molecule has 0 radical (unpaired) electrons. The van der Waals surface area contributed by atoms with Crippen molar-refractivity contribution in [3.63, 3.8) is 0 Å². The Kier molecular flexibility index (Phi) is 7.60. The molecule has 4 rings (SSSR count). The number of methoxy groups -OCH3 is 2. The molecule has 1 heterocycles. The van der Waals surface area contributed by atoms with Crippen molar-refractivity contribution in [2.45, 2.75) is 19.5 Å². The van der Waals surface area contributed by atoms with Crippen molar-refractivity contribution in [2.75, 3.05) is 20.8 Å². The molecule has 0 spiro atoms. The summed E-state index contributed by atoms with van der Waals surface area (Å²) >= 11 is 6.34. The van der Waals surface area contributed by atoms with E-state index in [1.54, 1.807) is 19.0 Å². The summed E-state index contributed by atoms with van der Waals surface area (Å²) in [7, 11) is 3.29. The number of nitrogens with one attached hydrogen (secondary N) is 1. The molecule has 0 aliphatic carbocycles. The maximum Gasteiger partial charge on any atom is 0.160 e. The Morgan fingerprint density at radius 1 is 0.879 bits per heavy atom. The Hall–Kier alpha value is -3.35. The van der Waals surface area contributed by atoms with Crippen LogP contribution in [0, 0.1) is 0 Å². The Balaban J connectivity index is 1.46. The molecule has 0 atom stereocenters. The lowest BCUT2D eigenvalue weighted by Crippen LogP contribution is -2.17. The number of hydrogen-bond donors (Lipinski definition) is 1. The Morgan fingerprint density at radius 2 is 1.64 bits per heavy atom. The van der Waals surface area contributed by atoms with Crippen molar-refractivity contribution in [1.29, 1.82) is 0 Å². The highest BCUT2D eigenvalue weighted by Crippen LogP contribution is 2.27. The van der Waals surface area contributed by atoms with Gasteiger partial charge in [-0.1, -0.05) is 66.2 Å². The zero-order chi connectivity index (χ0) is 23.0. The molecule has 0 aliphatic heterocycles. The van der Waals surface area contributed by atoms with Crippen LogP contribution < -0.4 is 14.8 Å². The summed E-state index contributed by atoms with van der Waals surface area (Å²) in [5, 5.41) is 13.8. The fourth-order valence-electron chi connectivity index (χ4n) is 3.65. The average molecular weight is 463 g/mol. The first kappa shape index (κ1) is 22.8. The van der Waals surface area contributed by atoms with Crippen molar-refractivity contribution in [3.8, 4) is 22.8 Å². The van der Waals surface area contributed by atoms with Crippen LogP contribution in [0.1, 0.15) is 16.8 Å². The van der Waals surface area contributed by atoms with Gasteiger partial charge in [-0.05, 0) is 42.3 Å². The van der Waals surface area contributed by atoms with Crippen LogP contribution in [-0.2, 0) is 19.5 Å². The summed E-state index contributed by atoms with van der Waals surface area (Å²) in [5.74, 6) is 1.47. The largest absolute Gasteiger partial charge is 0.493 e. The van der Waals surface area contributed by atoms with E-state index >= 15 is 0 Å². The minimum atomic E-state index is 0.519. The van der Waals surface area contributed by atoms with Gasteiger partial charge in [-0.15, -0.1) is 0 Å². The second-order valence-electron chi connectivity index (χ2n) is 7.60. The van der Waals surface area contributed by atoms with E-state index in [-0.39, 0.29) is 0 Å². The molecule has 1 aromatic heterocycles. The molecule has 170 valence electrons. The van der Waals surface area contributed by atoms with E-state index in [1.807, 2.05) is 54.6 Å². The fraction of sp³-hybridized carbons (Fsp3) is 0.231. The number of rotatable bonds is 10. The van der Waals surface area contributed by atoms with Crippen molar-refractivity contribution < 1.29 is 9.47 Å². The van der Waals surface area contributed by atoms with Crippen LogP contribution in [0.5, 0.6) is 11.5 Å². The van der Waals surface area contributed by atoms with Crippen LogP contribution >= 0.6 is 11.6 Å². The van der Waals surface area contributed by atoms with E-state index in [0.717, 1.165) is 47.0 Å². The van der Waals surface area contributed by atoms with E-state index in [2.05, 4.69) is 23.5 Å². The van der Waals surface area contributed by atoms with E-state index < -0.39 is 0 Å². The second-order valence-corrected chi connectivity index (χ2v) is 8.01. The van der Waals surface area contributed by atoms with E-state index in [4.69, 9.17) is 31.3 Å². The molecular weight excluding hydrogens is 436 g/mol. The Labute approximate surface area is 199 Å². The summed E-state index contributed by atoms with van der Waals surface area (Å²) in [6.45, 7) is 1.92. The lowest BCUT2D eigenvalue weighted by Gasteiger charge is -2.10. The molecule has 1 N–H and O–H groups in total. The van der Waals surface area contributed by atoms with Crippen molar-refractivity contribution in [2.24, 2.45) is 0 Å². The third kappa shape index (κ3) is 5.72. The smallest absolute Gasteiger partial charge is 0.160 e. The summed E-state index contributed by atoms with van der Waals surface area (Å²) in [6.07, 6.45) is 0.856. The standard InChI is InChI=1S/C26H27ClN4O2/c1-32-24-13-12-19(16-25(24)33-2)14-15-28-17-23-26(20-8-4-3-5-9-20)30-31(29-23)18-21-10-6-7-11-22(21)27/h3-13,16,28H,14-15,17-18H2,1-2H3. The van der Waals surface area contributed by atoms with Gasteiger partial charge in [-0.2, -0.15) is 15.0 Å². The van der Waals surface area contributed by atoms with Crippen LogP contribution in [-0.4, -0.2) is 35.8 Å². The molecular formula is C26H27ClN4O2. The van der Waals surface area contributed by atoms with E-state index in [0.29, 0.717) is 18.1 Å². The minimum absolute atomic E-state index is 0.519. The maximum atomic E-state index is 6.34. The first-order valence-corrected chi connectivity index (χ1v) is 11.2. The summed E-state index contributed by atoms with van der Waals surface area (Å²) in [6, 6.07) is 23.9. The Bertz CT molecular complexity index is 1190. The number of hydrogen-bond acceptors (Lipinski definition) is 5. The molecule has 0 saturated carbocycles. The van der Waals surface area contributed by atoms with Crippen LogP contribution in [0.2, 0.25) is 5.02 Å². The predicted molar refractivity (Wildman–Crippen MR) is 131 cm³/mol. The molecule has 0 fully saturated rings. The van der Waals surface area contributed by atoms with E-state index in [1.165, 1.54) is 5.56 Å². The zero-order valence-corrected chi connectivity index (χ0v) is 19.5. The highest BCUT2D eigenvalue weighted by Gasteiger charge is 2.14. The zero-order valence-electron chi connectivity index (χ0n) is 18.8. The van der Waals surface area contributed by atoms with Gasteiger partial charge in [0.2, 0.25) is 0 Å². The highest BCUT2D eigenvalue weighted by atomic mass is 35.5. The lowest BCUT2D eigenvalue weighted by molar-refractivity contribution is 0.354. The van der Waals surface area contributed by atoms with Crippen molar-refractivity contribution in [3.05, 3.63) is 94.6 Å². The predicted octanol–water partition coefficient (Wildman–Crippen LogP) is 5.00. The van der Waals surface area contributed by atoms with Gasteiger partial charge in [-0.25, -0.2) is 0 Å². The summed E-state index contributed by atoms with van der Waals surface area (Å²) in [4.78, 5) is 1.72. The monoisotopic (exact) mass is 462 g/mol. The van der Waals surface area contributed by atoms with Crippen LogP contribution in [0.15, 0.2) is 72.8 Å². The van der Waals surface area contributed by atoms with Gasteiger partial charge >= 0.3 is 0 Å². The molecule has 6 nitrogen and oxygen atoms in total. The lowest BCUT2D eigenvalue weighted by atomic mass is 10.1. The van der Waals surface area contributed by atoms with Gasteiger partial charge in [0.05, 0.1) is 20.8 Å². The number of benzene rings is 3. The topological polar surface area (TPSA) is 61.2 Å². The van der Waals surface area contributed by atoms with Crippen LogP contribution in [0.25, 0.3) is 11.3 Å². The molecule has 0 aliphatic rings. The third-order valence-corrected chi connectivity index (χ3v) is 5.74. The number of ether oxygens (including phenoxy) is 2. The summed E-state index contributed by atoms with van der Waals surface area (Å²) < 4.78 is 10.7. The molecule has 0 amide bonds. The van der Waals surface area contributed by atoms with Crippen molar-refractivity contribution >= 4 is 11.6 Å². The van der Waals surface area contributed by atoms with Gasteiger partial charge < -0.3 is 14.8 Å². The first-order chi connectivity index (χ1) is 16.2. The third-order valence-electron chi connectivity index (χ3n) is 5.37. The fourth-order valence-corrected chi connectivity index (χ4v) is 3.84. The van der Waals surface area contributed by atoms with Crippen LogP contribution in [0.4, 0.5) is 0 Å². The average Bonchev–Trinajstić information content (AvgIpc) is 3.26. The molecule has 33 heavy (non-hydrogen) atoms. The van der Waals surface area contributed by atoms with Gasteiger partial charge in [-0.3, -0.25) is 0 Å². The van der Waals surface area contributed by atoms with Gasteiger partial charge in [0.1, 0.15) is 11.4 Å². The molecule has 7 heteroatoms. The Morgan fingerprint density at radius 3 is 2.39 bits per heavy atom. The molecule has 0 unspecified atom stereocenters. The number of aromatic nitrogens is 3. The molecule has 3 aromatic carbocycles. The van der Waals surface area contributed by atoms with Gasteiger partial charge in [0, 0.05) is 17.1 Å². The summed E-state index contributed by atoms with van der Waals surface area (Å²) in [5.41, 5.74) is 4.98. The first-order valence-electron chi connectivity index (χ1n) is 10.8. The van der Waals surface area contributed by atoms with Gasteiger partial charge in [0.15, 0.2) is 11.5 Å². The normalized spacial score (nSPS) is 10.9. The number of nitrogens with zero attached hydrogens (tertiary/aromatic N) is 3. The number of halogens is 1. The van der Waals surface area contributed by atoms with Crippen LogP contribution in [0.3, 0.4) is 0 Å². The maximum absolute atomic E-state index is 6.34. The van der Waals surface area contributed by atoms with Crippen molar-refractivity contribution in [1.82, 2.24) is 20.3 Å². The molecule has 4 aromatic rings. The quantitative estimate of drug-likeness (QED) is 0.336. The molecule has 0 bridgehead atoms. The second kappa shape index (κ2) is 11.0. The van der Waals surface area contributed by atoms with E-state index in [9.17, 15) is 0 Å². The highest BCUT2D eigenvalue weighted by molar-refractivity contribution is 6.31. The van der Waals surface area contributed by atoms with Gasteiger partial charge in [0.25, 0.3) is 0 Å². The molecule has 0 saturated heterocycles. The minimum Gasteiger partial charge on any atom is -0.493 e.